The van der Waals surface area contributed by atoms with Crippen molar-refractivity contribution in [3.8, 4) is 11.8 Å². The molecule has 0 heterocycles. The summed E-state index contributed by atoms with van der Waals surface area (Å²) in [6.45, 7) is 7.95. The molecule has 0 N–H and O–H groups in total. The third-order valence-corrected chi connectivity index (χ3v) is 9.28. The van der Waals surface area contributed by atoms with E-state index in [1.807, 2.05) is 0 Å². The fourth-order valence-electron chi connectivity index (χ4n) is 6.25. The van der Waals surface area contributed by atoms with E-state index in [1.165, 1.54) is 219 Å². The van der Waals surface area contributed by atoms with Gasteiger partial charge >= 0.3 is 0 Å². The van der Waals surface area contributed by atoms with Gasteiger partial charge in [-0.2, -0.15) is 0 Å². The molecular weight excluding hydrogens is 530 g/mol. The number of unbranched alkanes of at least 4 members (excludes halogenated alkanes) is 30. The van der Waals surface area contributed by atoms with Crippen molar-refractivity contribution < 1.29 is 0 Å². The van der Waals surface area contributed by atoms with Crippen LogP contribution in [0.3, 0.4) is 0 Å². The van der Waals surface area contributed by atoms with Gasteiger partial charge in [0.1, 0.15) is 0 Å². The highest BCUT2D eigenvalue weighted by Crippen LogP contribution is 2.15. The predicted molar refractivity (Wildman–Crippen MR) is 194 cm³/mol. The minimum atomic E-state index is 0.464. The van der Waals surface area contributed by atoms with Gasteiger partial charge in [0.15, 0.2) is 0 Å². The number of rotatable bonds is 35. The zero-order valence-electron chi connectivity index (χ0n) is 29.3. The molecule has 2 heteroatoms. The Morgan fingerprint density at radius 3 is 0.810 bits per heavy atom. The Balaban J connectivity index is 3.55. The summed E-state index contributed by atoms with van der Waals surface area (Å²) in [5.41, 5.74) is 0. The first-order chi connectivity index (χ1) is 20.8. The van der Waals surface area contributed by atoms with Crippen molar-refractivity contribution in [3.63, 3.8) is 0 Å². The van der Waals surface area contributed by atoms with Crippen LogP contribution in [0.4, 0.5) is 0 Å². The van der Waals surface area contributed by atoms with Gasteiger partial charge in [0.25, 0.3) is 0 Å². The van der Waals surface area contributed by atoms with Crippen LogP contribution in [0.25, 0.3) is 0 Å². The van der Waals surface area contributed by atoms with E-state index in [1.54, 1.807) is 0 Å². The van der Waals surface area contributed by atoms with Gasteiger partial charge in [-0.15, -0.1) is 11.6 Å². The standard InChI is InChI=1S/C40H78ClN/c1-3-5-7-9-11-13-15-17-19-21-23-25-27-29-31-34-38-42(40-36-33-37-41)39-35-32-30-28-26-24-22-20-18-16-14-12-10-8-6-4-2/h3-32,34-35,37-40H2,1-2H3. The van der Waals surface area contributed by atoms with Crippen molar-refractivity contribution in [1.82, 2.24) is 4.90 Å². The fourth-order valence-corrected chi connectivity index (χ4v) is 6.35. The van der Waals surface area contributed by atoms with Crippen molar-refractivity contribution in [3.05, 3.63) is 0 Å². The highest BCUT2D eigenvalue weighted by atomic mass is 35.5. The minimum absolute atomic E-state index is 0.464. The smallest absolute Gasteiger partial charge is 0.0835 e. The second-order valence-corrected chi connectivity index (χ2v) is 13.6. The maximum Gasteiger partial charge on any atom is 0.0835 e. The average Bonchev–Trinajstić information content (AvgIpc) is 3.00. The third-order valence-electron chi connectivity index (χ3n) is 9.15. The van der Waals surface area contributed by atoms with Crippen molar-refractivity contribution in [2.24, 2.45) is 0 Å². The first kappa shape index (κ1) is 41.8. The molecule has 0 radical (unpaired) electrons. The molecule has 0 fully saturated rings. The Morgan fingerprint density at radius 2 is 0.571 bits per heavy atom. The second kappa shape index (κ2) is 38.8. The van der Waals surface area contributed by atoms with Crippen LogP contribution < -0.4 is 0 Å². The molecule has 1 nitrogen and oxygen atoms in total. The number of nitrogens with zero attached hydrogens (tertiary/aromatic N) is 1. The molecular formula is C40H78ClN. The fraction of sp³-hybridized carbons (Fsp3) is 0.950. The number of halogens is 1. The number of hydrogen-bond acceptors (Lipinski definition) is 1. The van der Waals surface area contributed by atoms with Crippen molar-refractivity contribution in [2.45, 2.75) is 219 Å². The zero-order valence-corrected chi connectivity index (χ0v) is 30.0. The average molecular weight is 609 g/mol. The molecule has 0 aliphatic carbocycles. The van der Waals surface area contributed by atoms with E-state index in [9.17, 15) is 0 Å². The van der Waals surface area contributed by atoms with Gasteiger partial charge in [0, 0.05) is 0 Å². The van der Waals surface area contributed by atoms with Crippen molar-refractivity contribution in [2.75, 3.05) is 25.5 Å². The van der Waals surface area contributed by atoms with Gasteiger partial charge in [0.2, 0.25) is 0 Å². The largest absolute Gasteiger partial charge is 0.292 e. The third kappa shape index (κ3) is 36.0. The highest BCUT2D eigenvalue weighted by molar-refractivity contribution is 6.19. The number of alkyl halides is 1. The Kier molecular flexibility index (Phi) is 38.7. The van der Waals surface area contributed by atoms with E-state index in [0.29, 0.717) is 5.88 Å². The Morgan fingerprint density at radius 1 is 0.333 bits per heavy atom. The summed E-state index contributed by atoms with van der Waals surface area (Å²) < 4.78 is 0. The summed E-state index contributed by atoms with van der Waals surface area (Å²) >= 11 is 5.79. The Labute approximate surface area is 272 Å². The van der Waals surface area contributed by atoms with E-state index >= 15 is 0 Å². The topological polar surface area (TPSA) is 3.24 Å². The van der Waals surface area contributed by atoms with Crippen LogP contribution >= 0.6 is 11.6 Å². The molecule has 0 rings (SSSR count). The molecule has 0 amide bonds. The van der Waals surface area contributed by atoms with Gasteiger partial charge in [-0.05, 0) is 25.9 Å². The number of hydrogen-bond donors (Lipinski definition) is 0. The van der Waals surface area contributed by atoms with Crippen LogP contribution in [0.5, 0.6) is 0 Å². The first-order valence-electron chi connectivity index (χ1n) is 19.6. The monoisotopic (exact) mass is 608 g/mol. The molecule has 250 valence electrons. The SMILES string of the molecule is CCCCCCCCCCCCCCCCCCN(CC#CCCl)CCCCCCCCCCCCCCCCCC. The lowest BCUT2D eigenvalue weighted by Gasteiger charge is -2.19. The lowest BCUT2D eigenvalue weighted by atomic mass is 10.0. The molecule has 0 spiro atoms. The highest BCUT2D eigenvalue weighted by Gasteiger charge is 2.04. The van der Waals surface area contributed by atoms with Crippen LogP contribution in [0.2, 0.25) is 0 Å². The zero-order chi connectivity index (χ0) is 30.4. The molecule has 0 aromatic heterocycles. The summed E-state index contributed by atoms with van der Waals surface area (Å²) in [4.78, 5) is 2.59. The molecule has 0 aliphatic rings. The van der Waals surface area contributed by atoms with Crippen LogP contribution in [0.1, 0.15) is 219 Å². The summed E-state index contributed by atoms with van der Waals surface area (Å²) in [6.07, 6.45) is 46.0. The maximum atomic E-state index is 5.79. The molecule has 0 saturated heterocycles. The molecule has 0 atom stereocenters. The molecule has 0 unspecified atom stereocenters. The van der Waals surface area contributed by atoms with Gasteiger partial charge in [-0.1, -0.05) is 218 Å². The molecule has 0 aliphatic heterocycles. The summed E-state index contributed by atoms with van der Waals surface area (Å²) in [5.74, 6) is 6.82. The minimum Gasteiger partial charge on any atom is -0.292 e. The van der Waals surface area contributed by atoms with E-state index in [2.05, 4.69) is 30.6 Å². The van der Waals surface area contributed by atoms with Crippen LogP contribution in [-0.2, 0) is 0 Å². The normalized spacial score (nSPS) is 11.3. The van der Waals surface area contributed by atoms with Crippen LogP contribution in [-0.4, -0.2) is 30.4 Å². The summed E-state index contributed by atoms with van der Waals surface area (Å²) in [6, 6.07) is 0. The van der Waals surface area contributed by atoms with Crippen LogP contribution in [0.15, 0.2) is 0 Å². The van der Waals surface area contributed by atoms with E-state index < -0.39 is 0 Å². The Hall–Kier alpha value is -0.190. The second-order valence-electron chi connectivity index (χ2n) is 13.4. The summed E-state index contributed by atoms with van der Waals surface area (Å²) in [5, 5.41) is 0. The summed E-state index contributed by atoms with van der Waals surface area (Å²) in [7, 11) is 0. The molecule has 0 saturated carbocycles. The van der Waals surface area contributed by atoms with E-state index in [0.717, 1.165) is 6.54 Å². The van der Waals surface area contributed by atoms with Gasteiger partial charge in [-0.25, -0.2) is 0 Å². The van der Waals surface area contributed by atoms with Crippen molar-refractivity contribution >= 4 is 11.6 Å². The van der Waals surface area contributed by atoms with Crippen LogP contribution in [0, 0.1) is 11.8 Å². The van der Waals surface area contributed by atoms with Crippen molar-refractivity contribution in [1.29, 1.82) is 0 Å². The Bertz CT molecular complexity index is 499. The molecule has 0 bridgehead atoms. The van der Waals surface area contributed by atoms with Gasteiger partial charge in [-0.3, -0.25) is 4.90 Å². The molecule has 42 heavy (non-hydrogen) atoms. The maximum absolute atomic E-state index is 5.79. The predicted octanol–water partition coefficient (Wildman–Crippen LogP) is 14.1. The van der Waals surface area contributed by atoms with E-state index in [-0.39, 0.29) is 0 Å². The lowest BCUT2D eigenvalue weighted by Crippen LogP contribution is -2.26. The van der Waals surface area contributed by atoms with E-state index in [4.69, 9.17) is 11.6 Å². The quantitative estimate of drug-likeness (QED) is 0.0393. The molecule has 0 aromatic rings. The van der Waals surface area contributed by atoms with Gasteiger partial charge in [0.05, 0.1) is 12.4 Å². The lowest BCUT2D eigenvalue weighted by molar-refractivity contribution is 0.290. The first-order valence-corrected chi connectivity index (χ1v) is 20.1. The molecule has 0 aromatic carbocycles. The van der Waals surface area contributed by atoms with Gasteiger partial charge < -0.3 is 0 Å².